The molecule has 0 bridgehead atoms. The molecular formula is C25H34O2Si. The second kappa shape index (κ2) is 9.21. The van der Waals surface area contributed by atoms with E-state index in [1.165, 1.54) is 10.4 Å². The predicted molar refractivity (Wildman–Crippen MR) is 121 cm³/mol. The van der Waals surface area contributed by atoms with E-state index in [4.69, 9.17) is 4.43 Å². The summed E-state index contributed by atoms with van der Waals surface area (Å²) >= 11 is 0. The van der Waals surface area contributed by atoms with Crippen molar-refractivity contribution in [2.24, 2.45) is 11.8 Å². The fourth-order valence-electron chi connectivity index (χ4n) is 4.64. The van der Waals surface area contributed by atoms with E-state index in [1.54, 1.807) is 0 Å². The van der Waals surface area contributed by atoms with Crippen molar-refractivity contribution in [3.63, 3.8) is 0 Å². The lowest BCUT2D eigenvalue weighted by Crippen LogP contribution is -2.67. The van der Waals surface area contributed by atoms with Crippen LogP contribution in [-0.4, -0.2) is 26.6 Å². The highest BCUT2D eigenvalue weighted by atomic mass is 28.4. The van der Waals surface area contributed by atoms with E-state index in [0.717, 1.165) is 25.9 Å². The molecule has 2 aromatic rings. The summed E-state index contributed by atoms with van der Waals surface area (Å²) in [6, 6.07) is 21.7. The summed E-state index contributed by atoms with van der Waals surface area (Å²) in [6.45, 7) is 7.98. The second-order valence-electron chi connectivity index (χ2n) is 8.95. The molecule has 0 saturated carbocycles. The van der Waals surface area contributed by atoms with E-state index < -0.39 is 8.32 Å². The maximum atomic E-state index is 9.49. The normalized spacial score (nSPS) is 20.3. The Morgan fingerprint density at radius 3 is 1.82 bits per heavy atom. The molecule has 150 valence electrons. The third-order valence-corrected chi connectivity index (χ3v) is 11.1. The molecule has 1 N–H and O–H groups in total. The molecule has 0 amide bonds. The van der Waals surface area contributed by atoms with Crippen LogP contribution < -0.4 is 10.4 Å². The Labute approximate surface area is 171 Å². The van der Waals surface area contributed by atoms with Gasteiger partial charge in [-0.25, -0.2) is 0 Å². The smallest absolute Gasteiger partial charge is 0.261 e. The van der Waals surface area contributed by atoms with Gasteiger partial charge in [0.1, 0.15) is 0 Å². The monoisotopic (exact) mass is 394 g/mol. The molecule has 3 heteroatoms. The Morgan fingerprint density at radius 1 is 0.857 bits per heavy atom. The van der Waals surface area contributed by atoms with Crippen molar-refractivity contribution in [2.45, 2.75) is 45.1 Å². The van der Waals surface area contributed by atoms with Crippen molar-refractivity contribution in [3.8, 4) is 0 Å². The number of hydrogen-bond donors (Lipinski definition) is 1. The van der Waals surface area contributed by atoms with Crippen LogP contribution in [0.2, 0.25) is 5.04 Å². The van der Waals surface area contributed by atoms with Gasteiger partial charge < -0.3 is 9.53 Å². The van der Waals surface area contributed by atoms with Crippen molar-refractivity contribution in [1.82, 2.24) is 0 Å². The zero-order valence-electron chi connectivity index (χ0n) is 17.5. The third kappa shape index (κ3) is 4.32. The first-order valence-corrected chi connectivity index (χ1v) is 12.4. The zero-order chi connectivity index (χ0) is 20.0. The van der Waals surface area contributed by atoms with Crippen LogP contribution >= 0.6 is 0 Å². The first-order chi connectivity index (χ1) is 13.5. The first-order valence-electron chi connectivity index (χ1n) is 10.5. The van der Waals surface area contributed by atoms with Crippen LogP contribution in [0.4, 0.5) is 0 Å². The molecular weight excluding hydrogens is 360 g/mol. The predicted octanol–water partition coefficient (Wildman–Crippen LogP) is 4.53. The molecule has 1 aliphatic rings. The van der Waals surface area contributed by atoms with Crippen LogP contribution in [0.15, 0.2) is 72.8 Å². The van der Waals surface area contributed by atoms with E-state index in [2.05, 4.69) is 93.6 Å². The van der Waals surface area contributed by atoms with E-state index in [0.29, 0.717) is 11.8 Å². The standard InChI is InChI=1S/C25H34O2Si/c1-25(2,3)28(23-14-6-4-7-15-23,24-16-8-5-9-17-24)27-20-22-13-11-10-12-21(22)18-19-26/h4-11,14-17,21-22,26H,12-13,18-20H2,1-3H3/t21-,22+/m0/s1. The van der Waals surface area contributed by atoms with Gasteiger partial charge in [-0.15, -0.1) is 0 Å². The Hall–Kier alpha value is -1.68. The highest BCUT2D eigenvalue weighted by Crippen LogP contribution is 2.38. The number of benzene rings is 2. The van der Waals surface area contributed by atoms with Gasteiger partial charge in [0.15, 0.2) is 0 Å². The second-order valence-corrected chi connectivity index (χ2v) is 13.3. The van der Waals surface area contributed by atoms with E-state index >= 15 is 0 Å². The average Bonchev–Trinajstić information content (AvgIpc) is 2.70. The Morgan fingerprint density at radius 2 is 1.36 bits per heavy atom. The fraction of sp³-hybridized carbons (Fsp3) is 0.440. The molecule has 0 radical (unpaired) electrons. The van der Waals surface area contributed by atoms with Gasteiger partial charge in [0.05, 0.1) is 0 Å². The number of rotatable bonds is 7. The number of hydrogen-bond acceptors (Lipinski definition) is 2. The summed E-state index contributed by atoms with van der Waals surface area (Å²) in [5.41, 5.74) is 0. The zero-order valence-corrected chi connectivity index (χ0v) is 18.5. The number of allylic oxidation sites excluding steroid dienone is 2. The van der Waals surface area contributed by atoms with Crippen molar-refractivity contribution in [1.29, 1.82) is 0 Å². The molecule has 0 spiro atoms. The topological polar surface area (TPSA) is 29.5 Å². The maximum Gasteiger partial charge on any atom is 0.261 e. The van der Waals surface area contributed by atoms with Gasteiger partial charge in [-0.3, -0.25) is 0 Å². The summed E-state index contributed by atoms with van der Waals surface area (Å²) in [5, 5.41) is 12.2. The van der Waals surface area contributed by atoms with E-state index in [1.807, 2.05) is 0 Å². The molecule has 3 rings (SSSR count). The van der Waals surface area contributed by atoms with Crippen molar-refractivity contribution in [3.05, 3.63) is 72.8 Å². The van der Waals surface area contributed by atoms with Crippen LogP contribution in [0.25, 0.3) is 0 Å². The molecule has 2 nitrogen and oxygen atoms in total. The van der Waals surface area contributed by atoms with Crippen molar-refractivity contribution >= 4 is 18.7 Å². The fourth-order valence-corrected chi connectivity index (χ4v) is 9.26. The Bertz CT molecular complexity index is 710. The molecule has 0 heterocycles. The largest absolute Gasteiger partial charge is 0.407 e. The molecule has 0 unspecified atom stereocenters. The summed E-state index contributed by atoms with van der Waals surface area (Å²) in [7, 11) is -2.47. The van der Waals surface area contributed by atoms with Gasteiger partial charge in [0, 0.05) is 13.2 Å². The van der Waals surface area contributed by atoms with Crippen LogP contribution in [0.5, 0.6) is 0 Å². The highest BCUT2D eigenvalue weighted by Gasteiger charge is 2.50. The lowest BCUT2D eigenvalue weighted by atomic mass is 9.82. The molecule has 2 atom stereocenters. The first kappa shape index (κ1) is 21.0. The summed E-state index contributed by atoms with van der Waals surface area (Å²) in [6.07, 6.45) is 7.50. The number of aliphatic hydroxyl groups excluding tert-OH is 1. The van der Waals surface area contributed by atoms with Gasteiger partial charge in [-0.1, -0.05) is 93.6 Å². The molecule has 0 fully saturated rings. The highest BCUT2D eigenvalue weighted by molar-refractivity contribution is 6.99. The van der Waals surface area contributed by atoms with E-state index in [-0.39, 0.29) is 11.6 Å². The van der Waals surface area contributed by atoms with Gasteiger partial charge in [0.25, 0.3) is 8.32 Å². The maximum absolute atomic E-state index is 9.49. The molecule has 2 aromatic carbocycles. The molecule has 0 aliphatic heterocycles. The van der Waals surface area contributed by atoms with E-state index in [9.17, 15) is 5.11 Å². The lowest BCUT2D eigenvalue weighted by molar-refractivity contribution is 0.152. The summed E-state index contributed by atoms with van der Waals surface area (Å²) < 4.78 is 7.11. The van der Waals surface area contributed by atoms with Crippen LogP contribution in [0.1, 0.15) is 40.0 Å². The molecule has 28 heavy (non-hydrogen) atoms. The molecule has 1 aliphatic carbocycles. The Kier molecular flexibility index (Phi) is 6.92. The third-order valence-electron chi connectivity index (χ3n) is 6.14. The molecule has 0 aromatic heterocycles. The minimum Gasteiger partial charge on any atom is -0.407 e. The lowest BCUT2D eigenvalue weighted by Gasteiger charge is -2.44. The molecule has 0 saturated heterocycles. The Balaban J connectivity index is 2.00. The minimum absolute atomic E-state index is 0.00663. The average molecular weight is 395 g/mol. The van der Waals surface area contributed by atoms with Crippen LogP contribution in [0.3, 0.4) is 0 Å². The number of aliphatic hydroxyl groups is 1. The van der Waals surface area contributed by atoms with Gasteiger partial charge in [-0.05, 0) is 46.5 Å². The van der Waals surface area contributed by atoms with Gasteiger partial charge >= 0.3 is 0 Å². The van der Waals surface area contributed by atoms with Gasteiger partial charge in [0.2, 0.25) is 0 Å². The summed E-state index contributed by atoms with van der Waals surface area (Å²) in [4.78, 5) is 0. The SMILES string of the molecule is CC(C)(C)[Si](OC[C@H]1CC=CC[C@H]1CCO)(c1ccccc1)c1ccccc1. The van der Waals surface area contributed by atoms with Crippen LogP contribution in [-0.2, 0) is 4.43 Å². The van der Waals surface area contributed by atoms with Crippen LogP contribution in [0, 0.1) is 11.8 Å². The van der Waals surface area contributed by atoms with Crippen molar-refractivity contribution in [2.75, 3.05) is 13.2 Å². The van der Waals surface area contributed by atoms with Crippen molar-refractivity contribution < 1.29 is 9.53 Å². The van der Waals surface area contributed by atoms with Gasteiger partial charge in [-0.2, -0.15) is 0 Å². The minimum atomic E-state index is -2.47. The summed E-state index contributed by atoms with van der Waals surface area (Å²) in [5.74, 6) is 0.979. The quantitative estimate of drug-likeness (QED) is 0.552.